The van der Waals surface area contributed by atoms with E-state index in [4.69, 9.17) is 0 Å². The van der Waals surface area contributed by atoms with Crippen LogP contribution in [0.15, 0.2) is 12.7 Å². The van der Waals surface area contributed by atoms with E-state index in [9.17, 15) is 0 Å². The zero-order chi connectivity index (χ0) is 8.36. The van der Waals surface area contributed by atoms with Crippen LogP contribution in [-0.2, 0) is 0 Å². The molecule has 0 spiro atoms. The number of hydrogen-bond donors (Lipinski definition) is 0. The van der Waals surface area contributed by atoms with Crippen molar-refractivity contribution < 1.29 is 12.4 Å². The van der Waals surface area contributed by atoms with E-state index in [-0.39, 0.29) is 35.5 Å². The van der Waals surface area contributed by atoms with Gasteiger partial charge in [0.05, 0.1) is 0 Å². The Balaban J connectivity index is -0.000000500. The van der Waals surface area contributed by atoms with Gasteiger partial charge < -0.3 is 19.3 Å². The SMILES string of the molecule is C=CCCCCCCCC[CH2-].[Cl-].[Mg+2]. The molecule has 2 heteroatoms. The second-order valence-electron chi connectivity index (χ2n) is 3.05. The van der Waals surface area contributed by atoms with Crippen molar-refractivity contribution in [3.8, 4) is 0 Å². The molecular weight excluding hydrogens is 192 g/mol. The van der Waals surface area contributed by atoms with Crippen LogP contribution >= 0.6 is 0 Å². The molecule has 0 aromatic rings. The van der Waals surface area contributed by atoms with Crippen molar-refractivity contribution in [2.24, 2.45) is 0 Å². The van der Waals surface area contributed by atoms with Crippen molar-refractivity contribution in [1.29, 1.82) is 0 Å². The Morgan fingerprint density at radius 1 is 0.923 bits per heavy atom. The number of halogens is 1. The molecule has 0 fully saturated rings. The van der Waals surface area contributed by atoms with Gasteiger partial charge in [0.2, 0.25) is 0 Å². The van der Waals surface area contributed by atoms with E-state index in [1.165, 1.54) is 44.9 Å². The van der Waals surface area contributed by atoms with E-state index in [2.05, 4.69) is 13.5 Å². The van der Waals surface area contributed by atoms with Crippen LogP contribution in [0.2, 0.25) is 0 Å². The van der Waals surface area contributed by atoms with E-state index in [0.29, 0.717) is 0 Å². The smallest absolute Gasteiger partial charge is 1.00 e. The Hall–Kier alpha value is 0.796. The molecule has 0 heterocycles. The first-order chi connectivity index (χ1) is 5.41. The summed E-state index contributed by atoms with van der Waals surface area (Å²) in [4.78, 5) is 0. The van der Waals surface area contributed by atoms with Crippen molar-refractivity contribution in [3.05, 3.63) is 19.6 Å². The quantitative estimate of drug-likeness (QED) is 0.241. The van der Waals surface area contributed by atoms with E-state index in [0.717, 1.165) is 6.42 Å². The Kier molecular flexibility index (Phi) is 27.7. The van der Waals surface area contributed by atoms with Crippen LogP contribution in [0.1, 0.15) is 51.4 Å². The molecule has 0 aliphatic carbocycles. The van der Waals surface area contributed by atoms with Gasteiger partial charge in [-0.3, -0.25) is 0 Å². The Bertz CT molecular complexity index is 84.2. The summed E-state index contributed by atoms with van der Waals surface area (Å²) in [6.45, 7) is 7.52. The van der Waals surface area contributed by atoms with E-state index < -0.39 is 0 Å². The maximum absolute atomic E-state index is 3.82. The van der Waals surface area contributed by atoms with Gasteiger partial charge in [-0.15, -0.1) is 6.58 Å². The third kappa shape index (κ3) is 19.3. The topological polar surface area (TPSA) is 0 Å². The Morgan fingerprint density at radius 2 is 1.38 bits per heavy atom. The molecule has 0 aliphatic rings. The van der Waals surface area contributed by atoms with Gasteiger partial charge in [-0.2, -0.15) is 6.42 Å². The fourth-order valence-corrected chi connectivity index (χ4v) is 1.17. The third-order valence-electron chi connectivity index (χ3n) is 1.91. The van der Waals surface area contributed by atoms with Gasteiger partial charge in [-0.1, -0.05) is 38.2 Å². The molecule has 0 aromatic carbocycles. The molecule has 0 amide bonds. The molecule has 0 nitrogen and oxygen atoms in total. The maximum atomic E-state index is 3.82. The molecule has 0 unspecified atom stereocenters. The first kappa shape index (κ1) is 19.4. The number of allylic oxidation sites excluding steroid dienone is 1. The largest absolute Gasteiger partial charge is 2.00 e. The standard InChI is InChI=1S/C11H21.ClH.Mg/c1-3-5-7-9-11-10-8-6-4-2;;/h3H,1-2,4-11H2;1H;/q-1;;+2/p-1. The fourth-order valence-electron chi connectivity index (χ4n) is 1.17. The first-order valence-corrected chi connectivity index (χ1v) is 4.82. The van der Waals surface area contributed by atoms with Gasteiger partial charge >= 0.3 is 23.1 Å². The second-order valence-corrected chi connectivity index (χ2v) is 3.05. The van der Waals surface area contributed by atoms with Gasteiger partial charge in [0.25, 0.3) is 0 Å². The summed E-state index contributed by atoms with van der Waals surface area (Å²) in [5, 5.41) is 0. The average Bonchev–Trinajstić information content (AvgIpc) is 2.03. The molecule has 74 valence electrons. The van der Waals surface area contributed by atoms with E-state index in [1.54, 1.807) is 0 Å². The van der Waals surface area contributed by atoms with Crippen molar-refractivity contribution in [2.45, 2.75) is 51.4 Å². The third-order valence-corrected chi connectivity index (χ3v) is 1.91. The summed E-state index contributed by atoms with van der Waals surface area (Å²) in [6.07, 6.45) is 12.5. The fraction of sp³-hybridized carbons (Fsp3) is 0.727. The molecule has 13 heavy (non-hydrogen) atoms. The van der Waals surface area contributed by atoms with Crippen molar-refractivity contribution >= 4 is 23.1 Å². The summed E-state index contributed by atoms with van der Waals surface area (Å²) >= 11 is 0. The molecular formula is C11H21ClMg. The molecule has 0 radical (unpaired) electrons. The summed E-state index contributed by atoms with van der Waals surface area (Å²) in [5.41, 5.74) is 0. The average molecular weight is 213 g/mol. The van der Waals surface area contributed by atoms with Crippen LogP contribution in [-0.4, -0.2) is 23.1 Å². The minimum absolute atomic E-state index is 0. The Morgan fingerprint density at radius 3 is 1.85 bits per heavy atom. The van der Waals surface area contributed by atoms with E-state index >= 15 is 0 Å². The molecule has 0 atom stereocenters. The van der Waals surface area contributed by atoms with Crippen LogP contribution in [0.25, 0.3) is 0 Å². The van der Waals surface area contributed by atoms with Crippen LogP contribution in [0.4, 0.5) is 0 Å². The molecule has 0 bridgehead atoms. The number of rotatable bonds is 8. The van der Waals surface area contributed by atoms with Gasteiger partial charge in [-0.25, -0.2) is 0 Å². The monoisotopic (exact) mass is 212 g/mol. The van der Waals surface area contributed by atoms with Gasteiger partial charge in [0.1, 0.15) is 0 Å². The molecule has 0 aromatic heterocycles. The van der Waals surface area contributed by atoms with Gasteiger partial charge in [0, 0.05) is 0 Å². The molecule has 0 saturated carbocycles. The molecule has 0 saturated heterocycles. The summed E-state index contributed by atoms with van der Waals surface area (Å²) < 4.78 is 0. The van der Waals surface area contributed by atoms with Gasteiger partial charge in [0.15, 0.2) is 0 Å². The summed E-state index contributed by atoms with van der Waals surface area (Å²) in [7, 11) is 0. The maximum Gasteiger partial charge on any atom is 2.00 e. The number of unbranched alkanes of at least 4 members (excludes halogenated alkanes) is 7. The van der Waals surface area contributed by atoms with Crippen molar-refractivity contribution in [1.82, 2.24) is 0 Å². The minimum atomic E-state index is 0. The van der Waals surface area contributed by atoms with E-state index in [1.807, 2.05) is 6.08 Å². The normalized spacial score (nSPS) is 8.38. The summed E-state index contributed by atoms with van der Waals surface area (Å²) in [6, 6.07) is 0. The second kappa shape index (κ2) is 18.6. The van der Waals surface area contributed by atoms with Gasteiger partial charge in [-0.05, 0) is 12.8 Å². The Labute approximate surface area is 106 Å². The van der Waals surface area contributed by atoms with Crippen molar-refractivity contribution in [3.63, 3.8) is 0 Å². The van der Waals surface area contributed by atoms with Crippen LogP contribution in [0.3, 0.4) is 0 Å². The predicted molar refractivity (Wildman–Crippen MR) is 58.2 cm³/mol. The molecule has 0 aliphatic heterocycles. The summed E-state index contributed by atoms with van der Waals surface area (Å²) in [5.74, 6) is 0. The van der Waals surface area contributed by atoms with Crippen LogP contribution < -0.4 is 12.4 Å². The van der Waals surface area contributed by atoms with Crippen LogP contribution in [0.5, 0.6) is 0 Å². The van der Waals surface area contributed by atoms with Crippen molar-refractivity contribution in [2.75, 3.05) is 0 Å². The molecule has 0 N–H and O–H groups in total. The molecule has 0 rings (SSSR count). The zero-order valence-corrected chi connectivity index (χ0v) is 10.9. The zero-order valence-electron chi connectivity index (χ0n) is 8.73. The minimum Gasteiger partial charge on any atom is -1.00 e. The number of hydrogen-bond acceptors (Lipinski definition) is 0. The predicted octanol–water partition coefficient (Wildman–Crippen LogP) is 0.750. The van der Waals surface area contributed by atoms with Crippen LogP contribution in [0, 0.1) is 6.92 Å². The first-order valence-electron chi connectivity index (χ1n) is 4.82.